The van der Waals surface area contributed by atoms with E-state index in [1.165, 1.54) is 39.0 Å². The highest BCUT2D eigenvalue weighted by Crippen LogP contribution is 2.34. The Labute approximate surface area is 181 Å². The Morgan fingerprint density at radius 2 is 1.72 bits per heavy atom. The van der Waals surface area contributed by atoms with E-state index in [9.17, 15) is 0 Å². The number of piperazine rings is 1. The Kier molecular flexibility index (Phi) is 6.52. The van der Waals surface area contributed by atoms with Crippen molar-refractivity contribution in [3.8, 4) is 5.75 Å². The van der Waals surface area contributed by atoms with Gasteiger partial charge in [-0.2, -0.15) is 0 Å². The summed E-state index contributed by atoms with van der Waals surface area (Å²) in [6.07, 6.45) is 5.87. The van der Waals surface area contributed by atoms with Crippen molar-refractivity contribution in [2.75, 3.05) is 63.6 Å². The molecule has 0 spiro atoms. The molecule has 1 N–H and O–H groups in total. The number of piperidine rings is 1. The SMILES string of the molecule is COc1cc(Nc2ncc(Br)cn2)ccc1N1CCC(N2CCN(C)CC2)CC1. The third-order valence-electron chi connectivity index (χ3n) is 5.92. The quantitative estimate of drug-likeness (QED) is 0.734. The Bertz CT molecular complexity index is 801. The third-order valence-corrected chi connectivity index (χ3v) is 6.33. The predicted octanol–water partition coefficient (Wildman–Crippen LogP) is 3.21. The number of nitrogens with one attached hydrogen (secondary N) is 1. The number of ether oxygens (including phenoxy) is 1. The summed E-state index contributed by atoms with van der Waals surface area (Å²) in [7, 11) is 3.95. The first-order valence-corrected chi connectivity index (χ1v) is 11.0. The highest BCUT2D eigenvalue weighted by Gasteiger charge is 2.27. The van der Waals surface area contributed by atoms with Gasteiger partial charge >= 0.3 is 0 Å². The minimum absolute atomic E-state index is 0.566. The molecule has 3 heterocycles. The fourth-order valence-corrected chi connectivity index (χ4v) is 4.39. The summed E-state index contributed by atoms with van der Waals surface area (Å²) in [4.78, 5) is 16.1. The molecule has 29 heavy (non-hydrogen) atoms. The third kappa shape index (κ3) is 4.99. The van der Waals surface area contributed by atoms with Crippen LogP contribution in [-0.4, -0.2) is 79.2 Å². The molecule has 0 amide bonds. The van der Waals surface area contributed by atoms with Crippen LogP contribution < -0.4 is 15.0 Å². The van der Waals surface area contributed by atoms with Gasteiger partial charge < -0.3 is 19.9 Å². The maximum absolute atomic E-state index is 5.71. The summed E-state index contributed by atoms with van der Waals surface area (Å²) in [5.74, 6) is 1.45. The van der Waals surface area contributed by atoms with Crippen molar-refractivity contribution < 1.29 is 4.74 Å². The van der Waals surface area contributed by atoms with Crippen LogP contribution >= 0.6 is 15.9 Å². The van der Waals surface area contributed by atoms with E-state index in [0.717, 1.165) is 34.7 Å². The van der Waals surface area contributed by atoms with Crippen LogP contribution in [0.1, 0.15) is 12.8 Å². The van der Waals surface area contributed by atoms with E-state index in [1.807, 2.05) is 6.07 Å². The lowest BCUT2D eigenvalue weighted by atomic mass is 10.0. The molecule has 2 aliphatic rings. The molecule has 0 unspecified atom stereocenters. The van der Waals surface area contributed by atoms with Gasteiger partial charge in [0, 0.05) is 69.5 Å². The molecule has 2 aromatic rings. The smallest absolute Gasteiger partial charge is 0.227 e. The monoisotopic (exact) mass is 460 g/mol. The molecule has 1 aromatic heterocycles. The van der Waals surface area contributed by atoms with Crippen LogP contribution in [0.4, 0.5) is 17.3 Å². The van der Waals surface area contributed by atoms with Gasteiger partial charge in [-0.25, -0.2) is 9.97 Å². The van der Waals surface area contributed by atoms with Gasteiger partial charge in [0.2, 0.25) is 5.95 Å². The Balaban J connectivity index is 1.39. The average Bonchev–Trinajstić information content (AvgIpc) is 2.76. The zero-order valence-electron chi connectivity index (χ0n) is 17.1. The molecular weight excluding hydrogens is 432 g/mol. The van der Waals surface area contributed by atoms with Crippen LogP contribution in [0.3, 0.4) is 0 Å². The minimum Gasteiger partial charge on any atom is -0.495 e. The summed E-state index contributed by atoms with van der Waals surface area (Å²) in [5.41, 5.74) is 2.08. The number of hydrogen-bond acceptors (Lipinski definition) is 7. The van der Waals surface area contributed by atoms with Gasteiger partial charge in [-0.15, -0.1) is 0 Å². The van der Waals surface area contributed by atoms with E-state index in [0.29, 0.717) is 12.0 Å². The molecule has 2 aliphatic heterocycles. The van der Waals surface area contributed by atoms with E-state index in [2.05, 4.69) is 65.1 Å². The molecule has 2 saturated heterocycles. The molecular formula is C21H29BrN6O. The fraction of sp³-hybridized carbons (Fsp3) is 0.524. The van der Waals surface area contributed by atoms with Gasteiger partial charge in [0.1, 0.15) is 5.75 Å². The number of methoxy groups -OCH3 is 1. The van der Waals surface area contributed by atoms with Gasteiger partial charge in [-0.1, -0.05) is 0 Å². The van der Waals surface area contributed by atoms with Crippen LogP contribution in [0.5, 0.6) is 5.75 Å². The zero-order valence-corrected chi connectivity index (χ0v) is 18.7. The first-order chi connectivity index (χ1) is 14.1. The highest BCUT2D eigenvalue weighted by molar-refractivity contribution is 9.10. The van der Waals surface area contributed by atoms with Crippen molar-refractivity contribution in [3.63, 3.8) is 0 Å². The van der Waals surface area contributed by atoms with Gasteiger partial charge in [0.25, 0.3) is 0 Å². The van der Waals surface area contributed by atoms with E-state index in [4.69, 9.17) is 4.74 Å². The molecule has 156 valence electrons. The van der Waals surface area contributed by atoms with Crippen LogP contribution in [-0.2, 0) is 0 Å². The maximum atomic E-state index is 5.71. The van der Waals surface area contributed by atoms with E-state index >= 15 is 0 Å². The molecule has 8 heteroatoms. The Morgan fingerprint density at radius 1 is 1.03 bits per heavy atom. The number of halogens is 1. The molecule has 0 saturated carbocycles. The van der Waals surface area contributed by atoms with Gasteiger partial charge in [0.05, 0.1) is 17.3 Å². The van der Waals surface area contributed by atoms with Crippen molar-refractivity contribution >= 4 is 33.3 Å². The van der Waals surface area contributed by atoms with Gasteiger partial charge in [-0.3, -0.25) is 4.90 Å². The highest BCUT2D eigenvalue weighted by atomic mass is 79.9. The molecule has 4 rings (SSSR count). The summed E-state index contributed by atoms with van der Waals surface area (Å²) >= 11 is 3.36. The summed E-state index contributed by atoms with van der Waals surface area (Å²) < 4.78 is 6.56. The summed E-state index contributed by atoms with van der Waals surface area (Å²) in [6, 6.07) is 6.93. The molecule has 1 aromatic carbocycles. The first-order valence-electron chi connectivity index (χ1n) is 10.2. The van der Waals surface area contributed by atoms with Crippen molar-refractivity contribution in [1.82, 2.24) is 19.8 Å². The van der Waals surface area contributed by atoms with Crippen molar-refractivity contribution in [2.24, 2.45) is 0 Å². The normalized spacial score (nSPS) is 19.3. The zero-order chi connectivity index (χ0) is 20.2. The van der Waals surface area contributed by atoms with Gasteiger partial charge in [0.15, 0.2) is 0 Å². The van der Waals surface area contributed by atoms with Crippen LogP contribution in [0, 0.1) is 0 Å². The predicted molar refractivity (Wildman–Crippen MR) is 120 cm³/mol. The number of hydrogen-bond donors (Lipinski definition) is 1. The van der Waals surface area contributed by atoms with Crippen molar-refractivity contribution in [3.05, 3.63) is 35.1 Å². The molecule has 2 fully saturated rings. The lowest BCUT2D eigenvalue weighted by Gasteiger charge is -2.42. The second-order valence-electron chi connectivity index (χ2n) is 7.79. The topological polar surface area (TPSA) is 56.8 Å². The average molecular weight is 461 g/mol. The van der Waals surface area contributed by atoms with E-state index < -0.39 is 0 Å². The van der Waals surface area contributed by atoms with Crippen LogP contribution in [0.2, 0.25) is 0 Å². The van der Waals surface area contributed by atoms with Crippen molar-refractivity contribution in [2.45, 2.75) is 18.9 Å². The van der Waals surface area contributed by atoms with E-state index in [-0.39, 0.29) is 0 Å². The summed E-state index contributed by atoms with van der Waals surface area (Å²) in [5, 5.41) is 3.24. The second-order valence-corrected chi connectivity index (χ2v) is 8.71. The second kappa shape index (κ2) is 9.28. The number of nitrogens with zero attached hydrogens (tertiary/aromatic N) is 5. The Hall–Kier alpha value is -1.90. The van der Waals surface area contributed by atoms with Crippen LogP contribution in [0.15, 0.2) is 35.1 Å². The fourth-order valence-electron chi connectivity index (χ4n) is 4.18. The standard InChI is InChI=1S/C21H29BrN6O/c1-26-9-11-27(12-10-26)18-5-7-28(8-6-18)19-4-3-17(13-20(19)29-2)25-21-23-14-16(22)15-24-21/h3-4,13-15,18H,5-12H2,1-2H3,(H,23,24,25). The van der Waals surface area contributed by atoms with E-state index in [1.54, 1.807) is 19.5 Å². The summed E-state index contributed by atoms with van der Waals surface area (Å²) in [6.45, 7) is 6.90. The molecule has 0 radical (unpaired) electrons. The minimum atomic E-state index is 0.566. The van der Waals surface area contributed by atoms with Crippen LogP contribution in [0.25, 0.3) is 0 Å². The number of rotatable bonds is 5. The maximum Gasteiger partial charge on any atom is 0.227 e. The Morgan fingerprint density at radius 3 is 2.38 bits per heavy atom. The largest absolute Gasteiger partial charge is 0.495 e. The number of aromatic nitrogens is 2. The lowest BCUT2D eigenvalue weighted by Crippen LogP contribution is -2.52. The molecule has 0 atom stereocenters. The number of likely N-dealkylation sites (N-methyl/N-ethyl adjacent to an activating group) is 1. The first kappa shape index (κ1) is 20.4. The van der Waals surface area contributed by atoms with Gasteiger partial charge in [-0.05, 0) is 48.0 Å². The van der Waals surface area contributed by atoms with Crippen molar-refractivity contribution in [1.29, 1.82) is 0 Å². The number of anilines is 3. The number of benzene rings is 1. The molecule has 7 nitrogen and oxygen atoms in total. The lowest BCUT2D eigenvalue weighted by molar-refractivity contribution is 0.0981. The molecule has 0 aliphatic carbocycles. The molecule has 0 bridgehead atoms.